The van der Waals surface area contributed by atoms with E-state index in [2.05, 4.69) is 15.6 Å². The van der Waals surface area contributed by atoms with Crippen LogP contribution in [0.15, 0.2) is 71.4 Å². The zero-order chi connectivity index (χ0) is 21.1. The molecule has 0 saturated carbocycles. The molecular weight excluding hydrogens is 406 g/mol. The topological polar surface area (TPSA) is 93.5 Å². The Morgan fingerprint density at radius 2 is 1.90 bits per heavy atom. The minimum Gasteiger partial charge on any atom is -0.494 e. The second-order valence-corrected chi connectivity index (χ2v) is 6.79. The van der Waals surface area contributed by atoms with Crippen LogP contribution in [0.5, 0.6) is 5.75 Å². The lowest BCUT2D eigenvalue weighted by molar-refractivity contribution is 0.0996. The smallest absolute Gasteiger partial charge is 0.291 e. The lowest BCUT2D eigenvalue weighted by Crippen LogP contribution is -2.14. The fourth-order valence-corrected chi connectivity index (χ4v) is 3.06. The Labute approximate surface area is 176 Å². The van der Waals surface area contributed by atoms with Gasteiger partial charge in [-0.2, -0.15) is 0 Å². The number of hydrogen-bond donors (Lipinski definition) is 2. The van der Waals surface area contributed by atoms with E-state index in [1.807, 2.05) is 0 Å². The molecule has 4 rings (SSSR count). The minimum absolute atomic E-state index is 0.153. The van der Waals surface area contributed by atoms with Crippen molar-refractivity contribution in [1.82, 2.24) is 4.98 Å². The lowest BCUT2D eigenvalue weighted by atomic mass is 10.2. The first-order valence-electron chi connectivity index (χ1n) is 8.93. The van der Waals surface area contributed by atoms with Crippen molar-refractivity contribution in [2.75, 3.05) is 17.7 Å². The van der Waals surface area contributed by atoms with Crippen LogP contribution in [-0.2, 0) is 0 Å². The number of anilines is 2. The zero-order valence-electron chi connectivity index (χ0n) is 15.8. The van der Waals surface area contributed by atoms with Gasteiger partial charge in [-0.1, -0.05) is 11.6 Å². The van der Waals surface area contributed by atoms with Gasteiger partial charge in [-0.05, 0) is 48.5 Å². The van der Waals surface area contributed by atoms with Gasteiger partial charge >= 0.3 is 0 Å². The number of carbonyl (C=O) groups excluding carboxylic acids is 2. The first-order valence-corrected chi connectivity index (χ1v) is 9.31. The maximum atomic E-state index is 12.6. The predicted octanol–water partition coefficient (Wildman–Crippen LogP) is 4.99. The Morgan fingerprint density at radius 3 is 2.67 bits per heavy atom. The molecule has 0 aliphatic rings. The Bertz CT molecular complexity index is 1240. The number of nitrogens with one attached hydrogen (secondary N) is 2. The number of methoxy groups -OCH3 is 1. The maximum absolute atomic E-state index is 12.6. The van der Waals surface area contributed by atoms with Crippen molar-refractivity contribution in [2.24, 2.45) is 0 Å². The Hall–Kier alpha value is -3.84. The quantitative estimate of drug-likeness (QED) is 0.473. The molecule has 0 unspecified atom stereocenters. The highest BCUT2D eigenvalue weighted by molar-refractivity contribution is 6.31. The van der Waals surface area contributed by atoms with Gasteiger partial charge in [0.15, 0.2) is 5.76 Å². The molecular formula is C22H16ClN3O4. The van der Waals surface area contributed by atoms with Crippen LogP contribution in [0.4, 0.5) is 11.4 Å². The van der Waals surface area contributed by atoms with Gasteiger partial charge < -0.3 is 19.8 Å². The van der Waals surface area contributed by atoms with Crippen LogP contribution in [0.25, 0.3) is 11.0 Å². The van der Waals surface area contributed by atoms with Gasteiger partial charge in [0.1, 0.15) is 11.3 Å². The average Bonchev–Trinajstić information content (AvgIpc) is 3.18. The summed E-state index contributed by atoms with van der Waals surface area (Å²) in [6, 6.07) is 15.0. The van der Waals surface area contributed by atoms with Crippen LogP contribution in [-0.4, -0.2) is 23.9 Å². The summed E-state index contributed by atoms with van der Waals surface area (Å²) in [7, 11) is 1.48. The van der Waals surface area contributed by atoms with Crippen molar-refractivity contribution in [3.8, 4) is 5.75 Å². The summed E-state index contributed by atoms with van der Waals surface area (Å²) in [5, 5.41) is 6.81. The van der Waals surface area contributed by atoms with E-state index >= 15 is 0 Å². The Kier molecular flexibility index (Phi) is 5.36. The minimum atomic E-state index is -0.420. The van der Waals surface area contributed by atoms with Gasteiger partial charge in [-0.3, -0.25) is 14.6 Å². The number of rotatable bonds is 5. The van der Waals surface area contributed by atoms with Gasteiger partial charge in [0.2, 0.25) is 0 Å². The van der Waals surface area contributed by atoms with Crippen LogP contribution in [0.1, 0.15) is 20.9 Å². The molecule has 7 nitrogen and oxygen atoms in total. The van der Waals surface area contributed by atoms with Crippen LogP contribution in [0.3, 0.4) is 0 Å². The number of fused-ring (bicyclic) bond motifs is 1. The maximum Gasteiger partial charge on any atom is 0.291 e. The molecule has 2 aromatic carbocycles. The monoisotopic (exact) mass is 421 g/mol. The van der Waals surface area contributed by atoms with Crippen molar-refractivity contribution in [3.63, 3.8) is 0 Å². The third-order valence-corrected chi connectivity index (χ3v) is 4.57. The van der Waals surface area contributed by atoms with E-state index in [1.54, 1.807) is 60.8 Å². The third-order valence-electron chi connectivity index (χ3n) is 4.33. The highest BCUT2D eigenvalue weighted by atomic mass is 35.5. The summed E-state index contributed by atoms with van der Waals surface area (Å²) < 4.78 is 10.9. The van der Waals surface area contributed by atoms with Gasteiger partial charge in [0, 0.05) is 34.6 Å². The number of furan rings is 1. The second-order valence-electron chi connectivity index (χ2n) is 6.36. The average molecular weight is 422 g/mol. The zero-order valence-corrected chi connectivity index (χ0v) is 16.6. The SMILES string of the molecule is COc1cc(NC(=O)c2cc3cc(Cl)ccc3o2)ccc1NC(=O)c1cccnc1. The first kappa shape index (κ1) is 19.5. The number of amides is 2. The summed E-state index contributed by atoms with van der Waals surface area (Å²) >= 11 is 5.97. The van der Waals surface area contributed by atoms with Gasteiger partial charge in [-0.25, -0.2) is 0 Å². The summed E-state index contributed by atoms with van der Waals surface area (Å²) in [4.78, 5) is 28.8. The molecule has 8 heteroatoms. The lowest BCUT2D eigenvalue weighted by Gasteiger charge is -2.12. The highest BCUT2D eigenvalue weighted by Gasteiger charge is 2.15. The molecule has 0 aliphatic carbocycles. The molecule has 2 aromatic heterocycles. The first-order chi connectivity index (χ1) is 14.5. The van der Waals surface area contributed by atoms with Gasteiger partial charge in [0.05, 0.1) is 18.4 Å². The predicted molar refractivity (Wildman–Crippen MR) is 114 cm³/mol. The van der Waals surface area contributed by atoms with Crippen molar-refractivity contribution >= 4 is 45.8 Å². The summed E-state index contributed by atoms with van der Waals surface area (Å²) in [6.45, 7) is 0. The molecule has 0 fully saturated rings. The molecule has 2 amide bonds. The highest BCUT2D eigenvalue weighted by Crippen LogP contribution is 2.29. The van der Waals surface area contributed by atoms with E-state index in [9.17, 15) is 9.59 Å². The number of benzene rings is 2. The Balaban J connectivity index is 1.51. The number of ether oxygens (including phenoxy) is 1. The van der Waals surface area contributed by atoms with Crippen LogP contribution < -0.4 is 15.4 Å². The largest absolute Gasteiger partial charge is 0.494 e. The molecule has 0 saturated heterocycles. The van der Waals surface area contributed by atoms with E-state index in [1.165, 1.54) is 13.3 Å². The molecule has 4 aromatic rings. The molecule has 2 heterocycles. The number of aromatic nitrogens is 1. The molecule has 0 spiro atoms. The fourth-order valence-electron chi connectivity index (χ4n) is 2.88. The fraction of sp³-hybridized carbons (Fsp3) is 0.0455. The number of carbonyl (C=O) groups is 2. The van der Waals surface area contributed by atoms with Crippen LogP contribution in [0.2, 0.25) is 5.02 Å². The number of pyridine rings is 1. The van der Waals surface area contributed by atoms with Gasteiger partial charge in [0.25, 0.3) is 11.8 Å². The molecule has 0 aliphatic heterocycles. The second kappa shape index (κ2) is 8.26. The summed E-state index contributed by atoms with van der Waals surface area (Å²) in [6.07, 6.45) is 3.06. The molecule has 0 atom stereocenters. The number of halogens is 1. The molecule has 0 radical (unpaired) electrons. The van der Waals surface area contributed by atoms with E-state index in [0.717, 1.165) is 5.39 Å². The van der Waals surface area contributed by atoms with E-state index in [0.29, 0.717) is 33.3 Å². The third kappa shape index (κ3) is 4.11. The summed E-state index contributed by atoms with van der Waals surface area (Å²) in [5.41, 5.74) is 1.93. The molecule has 2 N–H and O–H groups in total. The molecule has 0 bridgehead atoms. The van der Waals surface area contributed by atoms with Crippen molar-refractivity contribution in [3.05, 3.63) is 83.3 Å². The Morgan fingerprint density at radius 1 is 1.03 bits per heavy atom. The van der Waals surface area contributed by atoms with Crippen molar-refractivity contribution in [2.45, 2.75) is 0 Å². The van der Waals surface area contributed by atoms with Crippen molar-refractivity contribution < 1.29 is 18.7 Å². The van der Waals surface area contributed by atoms with Crippen LogP contribution in [0, 0.1) is 0 Å². The molecule has 150 valence electrons. The number of nitrogens with zero attached hydrogens (tertiary/aromatic N) is 1. The van der Waals surface area contributed by atoms with E-state index in [4.69, 9.17) is 20.8 Å². The number of hydrogen-bond acceptors (Lipinski definition) is 5. The van der Waals surface area contributed by atoms with E-state index in [-0.39, 0.29) is 11.7 Å². The van der Waals surface area contributed by atoms with Gasteiger partial charge in [-0.15, -0.1) is 0 Å². The van der Waals surface area contributed by atoms with Crippen LogP contribution >= 0.6 is 11.6 Å². The normalized spacial score (nSPS) is 10.6. The summed E-state index contributed by atoms with van der Waals surface area (Å²) in [5.74, 6) is -0.197. The van der Waals surface area contributed by atoms with Crippen molar-refractivity contribution in [1.29, 1.82) is 0 Å². The van der Waals surface area contributed by atoms with E-state index < -0.39 is 5.91 Å². The molecule has 30 heavy (non-hydrogen) atoms. The standard InChI is InChI=1S/C22H16ClN3O4/c1-29-19-11-16(5-6-17(19)26-21(27)13-3-2-8-24-12-13)25-22(28)20-10-14-9-15(23)4-7-18(14)30-20/h2-12H,1H3,(H,25,28)(H,26,27).